The molecular formula is C11H21N3. The number of piperazine rings is 1. The first-order chi connectivity index (χ1) is 6.60. The van der Waals surface area contributed by atoms with Crippen LogP contribution in [-0.2, 0) is 0 Å². The van der Waals surface area contributed by atoms with Gasteiger partial charge in [0.05, 0.1) is 6.07 Å². The number of hydrogen-bond acceptors (Lipinski definition) is 3. The largest absolute Gasteiger partial charge is 0.301 e. The van der Waals surface area contributed by atoms with Crippen molar-refractivity contribution in [1.82, 2.24) is 9.80 Å². The van der Waals surface area contributed by atoms with Gasteiger partial charge in [0.15, 0.2) is 0 Å². The summed E-state index contributed by atoms with van der Waals surface area (Å²) >= 11 is 0. The summed E-state index contributed by atoms with van der Waals surface area (Å²) in [7, 11) is 0. The second-order valence-electron chi connectivity index (χ2n) is 4.50. The molecule has 0 aliphatic carbocycles. The zero-order chi connectivity index (χ0) is 10.6. The summed E-state index contributed by atoms with van der Waals surface area (Å²) in [6.45, 7) is 11.7. The average Bonchev–Trinajstić information content (AvgIpc) is 2.19. The molecule has 0 spiro atoms. The Bertz CT molecular complexity index is 209. The van der Waals surface area contributed by atoms with E-state index >= 15 is 0 Å². The van der Waals surface area contributed by atoms with Crippen LogP contribution in [0.3, 0.4) is 0 Å². The van der Waals surface area contributed by atoms with Gasteiger partial charge in [-0.15, -0.1) is 0 Å². The Balaban J connectivity index is 2.40. The zero-order valence-electron chi connectivity index (χ0n) is 9.58. The van der Waals surface area contributed by atoms with Gasteiger partial charge in [-0.25, -0.2) is 0 Å². The normalized spacial score (nSPS) is 20.7. The monoisotopic (exact) mass is 195 g/mol. The van der Waals surface area contributed by atoms with E-state index in [2.05, 4.69) is 22.8 Å². The Morgan fingerprint density at radius 3 is 2.21 bits per heavy atom. The zero-order valence-corrected chi connectivity index (χ0v) is 9.58. The second kappa shape index (κ2) is 4.77. The maximum absolute atomic E-state index is 9.01. The number of nitrogens with zero attached hydrogens (tertiary/aromatic N) is 3. The van der Waals surface area contributed by atoms with Crippen LogP contribution < -0.4 is 0 Å². The highest BCUT2D eigenvalue weighted by molar-refractivity contribution is 5.02. The third-order valence-corrected chi connectivity index (χ3v) is 2.98. The predicted octanol–water partition coefficient (Wildman–Crippen LogP) is 1.32. The van der Waals surface area contributed by atoms with Crippen LogP contribution in [0.2, 0.25) is 0 Å². The lowest BCUT2D eigenvalue weighted by Crippen LogP contribution is -2.54. The fourth-order valence-electron chi connectivity index (χ4n) is 1.92. The molecule has 80 valence electrons. The van der Waals surface area contributed by atoms with E-state index < -0.39 is 0 Å². The van der Waals surface area contributed by atoms with Crippen LogP contribution in [0.15, 0.2) is 0 Å². The summed E-state index contributed by atoms with van der Waals surface area (Å²) in [5, 5.41) is 9.01. The Kier molecular flexibility index (Phi) is 3.91. The third kappa shape index (κ3) is 2.70. The van der Waals surface area contributed by atoms with Crippen molar-refractivity contribution in [2.75, 3.05) is 32.7 Å². The van der Waals surface area contributed by atoms with E-state index in [1.807, 2.05) is 13.8 Å². The first-order valence-corrected chi connectivity index (χ1v) is 5.49. The highest BCUT2D eigenvalue weighted by Crippen LogP contribution is 2.15. The summed E-state index contributed by atoms with van der Waals surface area (Å²) < 4.78 is 0. The van der Waals surface area contributed by atoms with Crippen molar-refractivity contribution >= 4 is 0 Å². The van der Waals surface area contributed by atoms with Crippen molar-refractivity contribution in [1.29, 1.82) is 5.26 Å². The fraction of sp³-hybridized carbons (Fsp3) is 0.909. The topological polar surface area (TPSA) is 30.3 Å². The van der Waals surface area contributed by atoms with Gasteiger partial charge >= 0.3 is 0 Å². The summed E-state index contributed by atoms with van der Waals surface area (Å²) in [6, 6.07) is 2.37. The molecule has 0 radical (unpaired) electrons. The lowest BCUT2D eigenvalue weighted by molar-refractivity contribution is 0.0802. The van der Waals surface area contributed by atoms with Crippen LogP contribution in [0.1, 0.15) is 27.2 Å². The molecule has 3 nitrogen and oxygen atoms in total. The van der Waals surface area contributed by atoms with Gasteiger partial charge in [-0.1, -0.05) is 6.92 Å². The van der Waals surface area contributed by atoms with Crippen LogP contribution in [-0.4, -0.2) is 48.1 Å². The predicted molar refractivity (Wildman–Crippen MR) is 58.0 cm³/mol. The molecule has 0 atom stereocenters. The smallest absolute Gasteiger partial charge is 0.103 e. The Labute approximate surface area is 87.3 Å². The Hall–Kier alpha value is -0.590. The molecule has 1 heterocycles. The van der Waals surface area contributed by atoms with Gasteiger partial charge in [-0.3, -0.25) is 4.90 Å². The molecule has 0 bridgehead atoms. The van der Waals surface area contributed by atoms with Gasteiger partial charge in [0.2, 0.25) is 0 Å². The molecule has 0 aromatic carbocycles. The van der Waals surface area contributed by atoms with Crippen molar-refractivity contribution in [2.24, 2.45) is 0 Å². The average molecular weight is 195 g/mol. The second-order valence-corrected chi connectivity index (χ2v) is 4.50. The van der Waals surface area contributed by atoms with Crippen molar-refractivity contribution in [3.63, 3.8) is 0 Å². The van der Waals surface area contributed by atoms with Gasteiger partial charge < -0.3 is 4.90 Å². The van der Waals surface area contributed by atoms with Crippen LogP contribution in [0.25, 0.3) is 0 Å². The first kappa shape index (κ1) is 11.5. The Morgan fingerprint density at radius 2 is 1.79 bits per heavy atom. The molecule has 0 aromatic rings. The maximum Gasteiger partial charge on any atom is 0.103 e. The van der Waals surface area contributed by atoms with Gasteiger partial charge in [-0.05, 0) is 26.8 Å². The molecule has 1 aliphatic rings. The minimum atomic E-state index is -0.293. The van der Waals surface area contributed by atoms with Crippen LogP contribution >= 0.6 is 0 Å². The Morgan fingerprint density at radius 1 is 1.21 bits per heavy atom. The van der Waals surface area contributed by atoms with E-state index in [1.165, 1.54) is 13.0 Å². The van der Waals surface area contributed by atoms with Gasteiger partial charge in [-0.2, -0.15) is 5.26 Å². The number of nitriles is 1. The summed E-state index contributed by atoms with van der Waals surface area (Å²) in [5.74, 6) is 0. The summed E-state index contributed by atoms with van der Waals surface area (Å²) in [6.07, 6.45) is 1.22. The molecule has 0 aromatic heterocycles. The van der Waals surface area contributed by atoms with Crippen LogP contribution in [0, 0.1) is 11.3 Å². The first-order valence-electron chi connectivity index (χ1n) is 5.49. The van der Waals surface area contributed by atoms with E-state index in [4.69, 9.17) is 5.26 Å². The molecule has 0 unspecified atom stereocenters. The van der Waals surface area contributed by atoms with Crippen LogP contribution in [0.4, 0.5) is 0 Å². The van der Waals surface area contributed by atoms with E-state index in [-0.39, 0.29) is 5.54 Å². The maximum atomic E-state index is 9.01. The summed E-state index contributed by atoms with van der Waals surface area (Å²) in [5.41, 5.74) is -0.293. The molecule has 0 N–H and O–H groups in total. The molecule has 14 heavy (non-hydrogen) atoms. The fourth-order valence-corrected chi connectivity index (χ4v) is 1.92. The van der Waals surface area contributed by atoms with Crippen molar-refractivity contribution in [2.45, 2.75) is 32.7 Å². The molecule has 0 saturated carbocycles. The lowest BCUT2D eigenvalue weighted by atomic mass is 10.0. The van der Waals surface area contributed by atoms with E-state index in [9.17, 15) is 0 Å². The number of hydrogen-bond donors (Lipinski definition) is 0. The van der Waals surface area contributed by atoms with E-state index in [0.717, 1.165) is 26.2 Å². The quantitative estimate of drug-likeness (QED) is 0.680. The minimum Gasteiger partial charge on any atom is -0.301 e. The summed E-state index contributed by atoms with van der Waals surface area (Å²) in [4.78, 5) is 4.75. The van der Waals surface area contributed by atoms with E-state index in [0.29, 0.717) is 0 Å². The molecule has 1 fully saturated rings. The van der Waals surface area contributed by atoms with Crippen LogP contribution in [0.5, 0.6) is 0 Å². The third-order valence-electron chi connectivity index (χ3n) is 2.98. The van der Waals surface area contributed by atoms with Gasteiger partial charge in [0, 0.05) is 26.2 Å². The van der Waals surface area contributed by atoms with Crippen molar-refractivity contribution < 1.29 is 0 Å². The minimum absolute atomic E-state index is 0.293. The highest BCUT2D eigenvalue weighted by Gasteiger charge is 2.29. The molecular weight excluding hydrogens is 174 g/mol. The molecule has 1 aliphatic heterocycles. The van der Waals surface area contributed by atoms with Gasteiger partial charge in [0.1, 0.15) is 5.54 Å². The highest BCUT2D eigenvalue weighted by atomic mass is 15.3. The van der Waals surface area contributed by atoms with Crippen molar-refractivity contribution in [3.8, 4) is 6.07 Å². The lowest BCUT2D eigenvalue weighted by Gasteiger charge is -2.40. The standard InChI is InChI=1S/C11H21N3/c1-4-5-13-6-8-14(9-7-13)11(2,3)10-12/h4-9H2,1-3H3. The molecule has 3 heteroatoms. The molecule has 1 saturated heterocycles. The molecule has 0 amide bonds. The molecule has 1 rings (SSSR count). The van der Waals surface area contributed by atoms with Gasteiger partial charge in [0.25, 0.3) is 0 Å². The number of rotatable bonds is 3. The SMILES string of the molecule is CCCN1CCN(C(C)(C)C#N)CC1. The van der Waals surface area contributed by atoms with E-state index in [1.54, 1.807) is 0 Å². The van der Waals surface area contributed by atoms with Crippen molar-refractivity contribution in [3.05, 3.63) is 0 Å².